The number of pyridine rings is 1. The van der Waals surface area contributed by atoms with Crippen LogP contribution in [0.2, 0.25) is 0 Å². The minimum Gasteiger partial charge on any atom is -0.339 e. The van der Waals surface area contributed by atoms with Gasteiger partial charge in [-0.05, 0) is 44.0 Å². The van der Waals surface area contributed by atoms with Crippen LogP contribution in [0.1, 0.15) is 34.2 Å². The summed E-state index contributed by atoms with van der Waals surface area (Å²) in [5, 5.41) is 10.6. The normalized spacial score (nSPS) is 11.0. The fourth-order valence-electron chi connectivity index (χ4n) is 3.23. The maximum Gasteiger partial charge on any atom is 0.276 e. The molecule has 0 saturated carbocycles. The van der Waals surface area contributed by atoms with Gasteiger partial charge in [-0.15, -0.1) is 0 Å². The summed E-state index contributed by atoms with van der Waals surface area (Å²) >= 11 is 0. The van der Waals surface area contributed by atoms with Gasteiger partial charge in [-0.3, -0.25) is 14.7 Å². The highest BCUT2D eigenvalue weighted by Crippen LogP contribution is 2.25. The Kier molecular flexibility index (Phi) is 4.72. The molecule has 0 aliphatic carbocycles. The number of benzene rings is 1. The molecule has 0 fully saturated rings. The van der Waals surface area contributed by atoms with E-state index in [0.29, 0.717) is 17.8 Å². The molecule has 1 aromatic carbocycles. The number of rotatable bonds is 5. The van der Waals surface area contributed by atoms with E-state index >= 15 is 0 Å². The molecule has 4 rings (SSSR count). The Morgan fingerprint density at radius 2 is 1.86 bits per heavy atom. The second-order valence-electron chi connectivity index (χ2n) is 7.20. The fraction of sp³-hybridized carbons (Fsp3) is 0.182. The number of ketones is 1. The zero-order chi connectivity index (χ0) is 20.5. The zero-order valence-corrected chi connectivity index (χ0v) is 16.5. The molecule has 0 aliphatic rings. The standard InChI is InChI=1S/C22H21N5O2/c1-12(28)8-15-4-6-16(7-5-15)19-10-17-9-18(11-23-21(17)25-19)24-22(29)20-13(2)14(3)26-27-20/h4-7,9-11H,8H2,1-3H3,(H,23,25)(H,24,29)(H,26,27). The van der Waals surface area contributed by atoms with E-state index in [9.17, 15) is 9.59 Å². The first-order valence-corrected chi connectivity index (χ1v) is 9.31. The van der Waals surface area contributed by atoms with E-state index in [0.717, 1.165) is 39.1 Å². The summed E-state index contributed by atoms with van der Waals surface area (Å²) in [5.41, 5.74) is 6.32. The van der Waals surface area contributed by atoms with Gasteiger partial charge in [0.2, 0.25) is 0 Å². The van der Waals surface area contributed by atoms with Crippen molar-refractivity contribution in [1.29, 1.82) is 0 Å². The largest absolute Gasteiger partial charge is 0.339 e. The van der Waals surface area contributed by atoms with Crippen LogP contribution in [0.15, 0.2) is 42.6 Å². The molecule has 0 bridgehead atoms. The van der Waals surface area contributed by atoms with Crippen LogP contribution in [0, 0.1) is 13.8 Å². The molecule has 7 nitrogen and oxygen atoms in total. The molecule has 0 radical (unpaired) electrons. The number of aromatic nitrogens is 4. The number of anilines is 1. The number of fused-ring (bicyclic) bond motifs is 1. The predicted molar refractivity (Wildman–Crippen MR) is 112 cm³/mol. The van der Waals surface area contributed by atoms with Gasteiger partial charge in [0.05, 0.1) is 11.9 Å². The molecule has 0 unspecified atom stereocenters. The number of amides is 1. The second kappa shape index (κ2) is 7.35. The number of carbonyl (C=O) groups excluding carboxylic acids is 2. The molecule has 1 amide bonds. The Labute approximate surface area is 167 Å². The highest BCUT2D eigenvalue weighted by atomic mass is 16.2. The van der Waals surface area contributed by atoms with Crippen molar-refractivity contribution in [2.75, 3.05) is 5.32 Å². The maximum atomic E-state index is 12.5. The number of Topliss-reactive ketones (excluding diaryl/α,β-unsaturated/α-hetero) is 1. The predicted octanol–water partition coefficient (Wildman–Crippen LogP) is 3.95. The molecule has 0 spiro atoms. The number of aryl methyl sites for hydroxylation is 1. The van der Waals surface area contributed by atoms with Crippen molar-refractivity contribution in [2.45, 2.75) is 27.2 Å². The number of nitrogens with one attached hydrogen (secondary N) is 3. The lowest BCUT2D eigenvalue weighted by Gasteiger charge is -2.03. The van der Waals surface area contributed by atoms with Crippen molar-refractivity contribution in [2.24, 2.45) is 0 Å². The Morgan fingerprint density at radius 1 is 1.10 bits per heavy atom. The van der Waals surface area contributed by atoms with E-state index in [1.807, 2.05) is 50.2 Å². The maximum absolute atomic E-state index is 12.5. The average molecular weight is 387 g/mol. The number of aromatic amines is 2. The summed E-state index contributed by atoms with van der Waals surface area (Å²) in [7, 11) is 0. The van der Waals surface area contributed by atoms with E-state index in [-0.39, 0.29) is 11.7 Å². The van der Waals surface area contributed by atoms with E-state index in [1.165, 1.54) is 0 Å². The quantitative estimate of drug-likeness (QED) is 0.482. The molecule has 3 N–H and O–H groups in total. The third-order valence-electron chi connectivity index (χ3n) is 4.91. The number of nitrogens with zero attached hydrogens (tertiary/aromatic N) is 2. The Bertz CT molecular complexity index is 1220. The number of H-pyrrole nitrogens is 2. The summed E-state index contributed by atoms with van der Waals surface area (Å²) in [6.07, 6.45) is 2.05. The van der Waals surface area contributed by atoms with Gasteiger partial charge in [0.15, 0.2) is 5.69 Å². The van der Waals surface area contributed by atoms with E-state index < -0.39 is 0 Å². The van der Waals surface area contributed by atoms with Gasteiger partial charge >= 0.3 is 0 Å². The highest BCUT2D eigenvalue weighted by molar-refractivity contribution is 6.04. The Hall–Kier alpha value is -3.74. The third-order valence-corrected chi connectivity index (χ3v) is 4.91. The third kappa shape index (κ3) is 3.80. The monoisotopic (exact) mass is 387 g/mol. The summed E-state index contributed by atoms with van der Waals surface area (Å²) < 4.78 is 0. The highest BCUT2D eigenvalue weighted by Gasteiger charge is 2.15. The van der Waals surface area contributed by atoms with Gasteiger partial charge in [-0.2, -0.15) is 5.10 Å². The molecule has 0 aliphatic heterocycles. The molecule has 146 valence electrons. The zero-order valence-electron chi connectivity index (χ0n) is 16.5. The Morgan fingerprint density at radius 3 is 2.52 bits per heavy atom. The lowest BCUT2D eigenvalue weighted by molar-refractivity contribution is -0.116. The van der Waals surface area contributed by atoms with Gasteiger partial charge in [-0.1, -0.05) is 24.3 Å². The van der Waals surface area contributed by atoms with Gasteiger partial charge in [0, 0.05) is 28.8 Å². The minimum absolute atomic E-state index is 0.141. The van der Waals surface area contributed by atoms with Crippen molar-refractivity contribution in [3.63, 3.8) is 0 Å². The van der Waals surface area contributed by atoms with Gasteiger partial charge in [-0.25, -0.2) is 4.98 Å². The first-order valence-electron chi connectivity index (χ1n) is 9.31. The van der Waals surface area contributed by atoms with E-state index in [4.69, 9.17) is 0 Å². The van der Waals surface area contributed by atoms with Crippen molar-refractivity contribution >= 4 is 28.4 Å². The molecule has 3 heterocycles. The van der Waals surface area contributed by atoms with Crippen molar-refractivity contribution in [3.05, 3.63) is 65.1 Å². The topological polar surface area (TPSA) is 104 Å². The summed E-state index contributed by atoms with van der Waals surface area (Å²) in [6, 6.07) is 11.7. The van der Waals surface area contributed by atoms with Crippen LogP contribution in [0.25, 0.3) is 22.3 Å². The Balaban J connectivity index is 1.57. The molecule has 29 heavy (non-hydrogen) atoms. The number of carbonyl (C=O) groups is 2. The molecular formula is C22H21N5O2. The van der Waals surface area contributed by atoms with Crippen molar-refractivity contribution in [1.82, 2.24) is 20.2 Å². The average Bonchev–Trinajstić information content (AvgIpc) is 3.25. The molecule has 4 aromatic rings. The van der Waals surface area contributed by atoms with Gasteiger partial charge < -0.3 is 10.3 Å². The number of hydrogen-bond acceptors (Lipinski definition) is 4. The van der Waals surface area contributed by atoms with Crippen LogP contribution in [0.3, 0.4) is 0 Å². The lowest BCUT2D eigenvalue weighted by atomic mass is 10.1. The van der Waals surface area contributed by atoms with Crippen LogP contribution in [-0.4, -0.2) is 31.9 Å². The van der Waals surface area contributed by atoms with Gasteiger partial charge in [0.25, 0.3) is 5.91 Å². The fourth-order valence-corrected chi connectivity index (χ4v) is 3.23. The van der Waals surface area contributed by atoms with Crippen LogP contribution in [0.4, 0.5) is 5.69 Å². The van der Waals surface area contributed by atoms with E-state index in [2.05, 4.69) is 25.5 Å². The van der Waals surface area contributed by atoms with Crippen molar-refractivity contribution in [3.8, 4) is 11.3 Å². The van der Waals surface area contributed by atoms with E-state index in [1.54, 1.807) is 13.1 Å². The smallest absolute Gasteiger partial charge is 0.276 e. The first-order chi connectivity index (χ1) is 13.9. The van der Waals surface area contributed by atoms with Crippen LogP contribution in [-0.2, 0) is 11.2 Å². The lowest BCUT2D eigenvalue weighted by Crippen LogP contribution is -2.13. The van der Waals surface area contributed by atoms with Crippen LogP contribution < -0.4 is 5.32 Å². The van der Waals surface area contributed by atoms with Crippen LogP contribution >= 0.6 is 0 Å². The summed E-state index contributed by atoms with van der Waals surface area (Å²) in [4.78, 5) is 31.4. The molecular weight excluding hydrogens is 366 g/mol. The SMILES string of the molecule is CC(=O)Cc1ccc(-c2cc3cc(NC(=O)c4n[nH]c(C)c4C)cnc3[nH]2)cc1. The molecule has 0 saturated heterocycles. The summed E-state index contributed by atoms with van der Waals surface area (Å²) in [6.45, 7) is 5.32. The van der Waals surface area contributed by atoms with Crippen molar-refractivity contribution < 1.29 is 9.59 Å². The second-order valence-corrected chi connectivity index (χ2v) is 7.20. The first kappa shape index (κ1) is 18.6. The van der Waals surface area contributed by atoms with Gasteiger partial charge in [0.1, 0.15) is 11.4 Å². The minimum atomic E-state index is -0.273. The summed E-state index contributed by atoms with van der Waals surface area (Å²) in [5.74, 6) is -0.132. The molecule has 3 aromatic heterocycles. The molecule has 0 atom stereocenters. The van der Waals surface area contributed by atoms with Crippen LogP contribution in [0.5, 0.6) is 0 Å². The number of hydrogen-bond donors (Lipinski definition) is 3. The molecule has 7 heteroatoms.